The van der Waals surface area contributed by atoms with E-state index >= 15 is 0 Å². The third-order valence-corrected chi connectivity index (χ3v) is 2.64. The number of nitrogens with one attached hydrogen (secondary N) is 1. The first kappa shape index (κ1) is 11.5. The van der Waals surface area contributed by atoms with Crippen molar-refractivity contribution in [1.82, 2.24) is 5.32 Å². The standard InChI is InChI=1S/C13H13N2O2/c16-10-15(11-6-2-1-3-7-11)13(17)12-8-4-5-9-14-12/h1-7,12,14H,8-9H2. The number of anilines is 1. The number of carbonyl (C=O) groups excluding carboxylic acids is 2. The van der Waals surface area contributed by atoms with Gasteiger partial charge in [-0.15, -0.1) is 0 Å². The summed E-state index contributed by atoms with van der Waals surface area (Å²) < 4.78 is 0. The van der Waals surface area contributed by atoms with Gasteiger partial charge in [-0.05, 0) is 18.6 Å². The zero-order chi connectivity index (χ0) is 12.1. The van der Waals surface area contributed by atoms with Crippen molar-refractivity contribution in [3.63, 3.8) is 0 Å². The van der Waals surface area contributed by atoms with Gasteiger partial charge in [0.2, 0.25) is 0 Å². The smallest absolute Gasteiger partial charge is 0.302 e. The first-order valence-electron chi connectivity index (χ1n) is 5.48. The summed E-state index contributed by atoms with van der Waals surface area (Å²) >= 11 is 0. The van der Waals surface area contributed by atoms with Crippen LogP contribution in [0.5, 0.6) is 0 Å². The van der Waals surface area contributed by atoms with E-state index in [2.05, 4.69) is 5.32 Å². The average molecular weight is 229 g/mol. The van der Waals surface area contributed by atoms with E-state index in [0.717, 1.165) is 4.90 Å². The highest BCUT2D eigenvalue weighted by molar-refractivity contribution is 6.09. The SMILES string of the molecule is O=[C]N(C(=O)C1CC=CCN1)c1ccccc1. The Morgan fingerprint density at radius 1 is 1.29 bits per heavy atom. The Kier molecular flexibility index (Phi) is 3.67. The highest BCUT2D eigenvalue weighted by Crippen LogP contribution is 2.14. The molecule has 1 aliphatic heterocycles. The number of hydrogen-bond acceptors (Lipinski definition) is 3. The van der Waals surface area contributed by atoms with E-state index in [4.69, 9.17) is 0 Å². The number of benzene rings is 1. The Balaban J connectivity index is 2.16. The Hall–Kier alpha value is -1.94. The van der Waals surface area contributed by atoms with Crippen molar-refractivity contribution in [3.05, 3.63) is 42.5 Å². The van der Waals surface area contributed by atoms with Crippen LogP contribution in [-0.4, -0.2) is 24.9 Å². The molecule has 1 atom stereocenters. The lowest BCUT2D eigenvalue weighted by Crippen LogP contribution is -2.47. The summed E-state index contributed by atoms with van der Waals surface area (Å²) in [5.41, 5.74) is 0.545. The maximum Gasteiger partial charge on any atom is 0.324 e. The normalized spacial score (nSPS) is 18.7. The van der Waals surface area contributed by atoms with Crippen LogP contribution in [0.25, 0.3) is 0 Å². The molecule has 0 spiro atoms. The van der Waals surface area contributed by atoms with E-state index in [-0.39, 0.29) is 11.9 Å². The van der Waals surface area contributed by atoms with Crippen LogP contribution in [0.15, 0.2) is 42.5 Å². The molecular formula is C13H13N2O2. The summed E-state index contributed by atoms with van der Waals surface area (Å²) in [7, 11) is 0. The fourth-order valence-electron chi connectivity index (χ4n) is 1.76. The van der Waals surface area contributed by atoms with E-state index in [9.17, 15) is 9.59 Å². The quantitative estimate of drug-likeness (QED) is 0.621. The lowest BCUT2D eigenvalue weighted by Gasteiger charge is -2.23. The Morgan fingerprint density at radius 2 is 2.06 bits per heavy atom. The van der Waals surface area contributed by atoms with Gasteiger partial charge in [-0.1, -0.05) is 30.4 Å². The van der Waals surface area contributed by atoms with Gasteiger partial charge in [-0.3, -0.25) is 9.59 Å². The highest BCUT2D eigenvalue weighted by Gasteiger charge is 2.25. The third-order valence-electron chi connectivity index (χ3n) is 2.64. The molecule has 1 radical (unpaired) electrons. The van der Waals surface area contributed by atoms with Gasteiger partial charge in [-0.2, -0.15) is 0 Å². The summed E-state index contributed by atoms with van der Waals surface area (Å²) in [6, 6.07) is 8.46. The van der Waals surface area contributed by atoms with Crippen LogP contribution >= 0.6 is 0 Å². The van der Waals surface area contributed by atoms with Gasteiger partial charge in [0, 0.05) is 6.54 Å². The number of amides is 2. The van der Waals surface area contributed by atoms with Gasteiger partial charge in [0.1, 0.15) is 0 Å². The molecule has 1 heterocycles. The van der Waals surface area contributed by atoms with E-state index < -0.39 is 0 Å². The molecule has 1 N–H and O–H groups in total. The molecule has 4 heteroatoms. The fourth-order valence-corrected chi connectivity index (χ4v) is 1.76. The van der Waals surface area contributed by atoms with E-state index in [1.54, 1.807) is 30.7 Å². The largest absolute Gasteiger partial charge is 0.324 e. The highest BCUT2D eigenvalue weighted by atomic mass is 16.2. The summed E-state index contributed by atoms with van der Waals surface area (Å²) in [5, 5.41) is 3.05. The minimum Gasteiger partial charge on any atom is -0.302 e. The van der Waals surface area contributed by atoms with Crippen molar-refractivity contribution < 1.29 is 9.59 Å². The number of rotatable bonds is 3. The third kappa shape index (κ3) is 2.60. The van der Waals surface area contributed by atoms with Crippen LogP contribution in [0, 0.1) is 0 Å². The molecule has 1 aliphatic rings. The summed E-state index contributed by atoms with van der Waals surface area (Å²) in [6.45, 7) is 0.651. The van der Waals surface area contributed by atoms with Crippen molar-refractivity contribution in [2.24, 2.45) is 0 Å². The molecule has 0 saturated heterocycles. The molecular weight excluding hydrogens is 216 g/mol. The molecule has 4 nitrogen and oxygen atoms in total. The molecule has 0 bridgehead atoms. The molecule has 2 amide bonds. The second kappa shape index (κ2) is 5.41. The Bertz CT molecular complexity index is 428. The van der Waals surface area contributed by atoms with Gasteiger partial charge in [0.05, 0.1) is 11.7 Å². The van der Waals surface area contributed by atoms with E-state index in [1.165, 1.54) is 0 Å². The van der Waals surface area contributed by atoms with Gasteiger partial charge in [0.25, 0.3) is 5.91 Å². The first-order chi connectivity index (χ1) is 8.33. The Labute approximate surface area is 99.9 Å². The second-order valence-corrected chi connectivity index (χ2v) is 3.77. The Morgan fingerprint density at radius 3 is 2.65 bits per heavy atom. The summed E-state index contributed by atoms with van der Waals surface area (Å²) in [4.78, 5) is 24.0. The number of carbonyl (C=O) groups is 1. The monoisotopic (exact) mass is 229 g/mol. The van der Waals surface area contributed by atoms with Crippen LogP contribution < -0.4 is 10.2 Å². The molecule has 1 aromatic carbocycles. The number of para-hydroxylation sites is 1. The molecule has 2 rings (SSSR count). The fraction of sp³-hybridized carbons (Fsp3) is 0.231. The molecule has 17 heavy (non-hydrogen) atoms. The molecule has 0 aliphatic carbocycles. The van der Waals surface area contributed by atoms with Crippen LogP contribution in [0.3, 0.4) is 0 Å². The maximum absolute atomic E-state index is 12.1. The van der Waals surface area contributed by atoms with E-state index in [1.807, 2.05) is 18.2 Å². The van der Waals surface area contributed by atoms with Gasteiger partial charge in [-0.25, -0.2) is 4.90 Å². The summed E-state index contributed by atoms with van der Waals surface area (Å²) in [5.74, 6) is -0.268. The predicted octanol–water partition coefficient (Wildman–Crippen LogP) is 1.00. The lowest BCUT2D eigenvalue weighted by molar-refractivity contribution is -0.119. The molecule has 0 fully saturated rings. The van der Waals surface area contributed by atoms with Crippen LogP contribution in [0.2, 0.25) is 0 Å². The van der Waals surface area contributed by atoms with Crippen LogP contribution in [0.4, 0.5) is 5.69 Å². The minimum absolute atomic E-state index is 0.268. The van der Waals surface area contributed by atoms with Gasteiger partial charge >= 0.3 is 6.41 Å². The van der Waals surface area contributed by atoms with Crippen LogP contribution in [-0.2, 0) is 9.59 Å². The van der Waals surface area contributed by atoms with Gasteiger partial charge < -0.3 is 5.32 Å². The number of nitrogens with zero attached hydrogens (tertiary/aromatic N) is 1. The second-order valence-electron chi connectivity index (χ2n) is 3.77. The topological polar surface area (TPSA) is 49.4 Å². The van der Waals surface area contributed by atoms with Crippen molar-refractivity contribution in [2.75, 3.05) is 11.4 Å². The average Bonchev–Trinajstić information content (AvgIpc) is 2.42. The van der Waals surface area contributed by atoms with Crippen LogP contribution in [0.1, 0.15) is 6.42 Å². The van der Waals surface area contributed by atoms with Crippen molar-refractivity contribution >= 4 is 18.0 Å². The zero-order valence-electron chi connectivity index (χ0n) is 9.30. The molecule has 1 unspecified atom stereocenters. The van der Waals surface area contributed by atoms with Crippen molar-refractivity contribution in [2.45, 2.75) is 12.5 Å². The molecule has 0 aromatic heterocycles. The first-order valence-corrected chi connectivity index (χ1v) is 5.48. The molecule has 1 aromatic rings. The minimum atomic E-state index is -0.346. The lowest BCUT2D eigenvalue weighted by atomic mass is 10.1. The zero-order valence-corrected chi connectivity index (χ0v) is 9.30. The number of imide groups is 1. The van der Waals surface area contributed by atoms with Gasteiger partial charge in [0.15, 0.2) is 0 Å². The van der Waals surface area contributed by atoms with Crippen molar-refractivity contribution in [1.29, 1.82) is 0 Å². The maximum atomic E-state index is 12.1. The molecule has 0 saturated carbocycles. The van der Waals surface area contributed by atoms with Crippen molar-refractivity contribution in [3.8, 4) is 0 Å². The molecule has 87 valence electrons. The summed E-state index contributed by atoms with van der Waals surface area (Å²) in [6.07, 6.45) is 6.18. The predicted molar refractivity (Wildman–Crippen MR) is 65.2 cm³/mol. The number of hydrogen-bond donors (Lipinski definition) is 1. The van der Waals surface area contributed by atoms with E-state index in [0.29, 0.717) is 18.7 Å².